The third-order valence-corrected chi connectivity index (χ3v) is 4.87. The fraction of sp³-hybridized carbons (Fsp3) is 0.0714. The summed E-state index contributed by atoms with van der Waals surface area (Å²) in [7, 11) is -5.65. The van der Waals surface area contributed by atoms with Gasteiger partial charge in [-0.3, -0.25) is 4.79 Å². The molecule has 0 aromatic heterocycles. The summed E-state index contributed by atoms with van der Waals surface area (Å²) in [6.07, 6.45) is 0. The number of rotatable bonds is 3. The van der Waals surface area contributed by atoms with Crippen molar-refractivity contribution < 1.29 is 40.3 Å². The van der Waals surface area contributed by atoms with Crippen LogP contribution in [0.15, 0.2) is 35.2 Å². The van der Waals surface area contributed by atoms with Gasteiger partial charge in [-0.2, -0.15) is 13.2 Å². The zero-order chi connectivity index (χ0) is 19.9. The van der Waals surface area contributed by atoms with Gasteiger partial charge in [0.25, 0.3) is 15.7 Å². The first-order valence-electron chi connectivity index (χ1n) is 6.45. The minimum atomic E-state index is -5.65. The maximum absolute atomic E-state index is 13.2. The highest BCUT2D eigenvalue weighted by molar-refractivity contribution is 7.92. The van der Waals surface area contributed by atoms with Crippen molar-refractivity contribution in [3.8, 4) is 5.75 Å². The van der Waals surface area contributed by atoms with Crippen LogP contribution in [0.3, 0.4) is 0 Å². The SMILES string of the molecule is O=C(Nc1ccc(S(=O)(=O)C(F)(F)F)cc1Cl)c1cc(F)cc(F)c1O. The van der Waals surface area contributed by atoms with Crippen LogP contribution >= 0.6 is 11.6 Å². The molecule has 26 heavy (non-hydrogen) atoms. The third kappa shape index (κ3) is 3.73. The summed E-state index contributed by atoms with van der Waals surface area (Å²) in [5.74, 6) is -4.96. The van der Waals surface area contributed by atoms with Crippen LogP contribution in [0.2, 0.25) is 5.02 Å². The van der Waals surface area contributed by atoms with Crippen LogP contribution in [0.1, 0.15) is 10.4 Å². The predicted octanol–water partition coefficient (Wildman–Crippen LogP) is 3.87. The molecule has 0 spiro atoms. The fourth-order valence-electron chi connectivity index (χ4n) is 1.83. The minimum Gasteiger partial charge on any atom is -0.504 e. The van der Waals surface area contributed by atoms with Gasteiger partial charge in [0.15, 0.2) is 11.6 Å². The summed E-state index contributed by atoms with van der Waals surface area (Å²) in [6, 6.07) is 2.59. The molecule has 0 aliphatic heterocycles. The first kappa shape index (κ1) is 19.9. The molecule has 2 aromatic carbocycles. The lowest BCUT2D eigenvalue weighted by molar-refractivity contribution is -0.0436. The molecule has 12 heteroatoms. The van der Waals surface area contributed by atoms with E-state index in [-0.39, 0.29) is 5.69 Å². The van der Waals surface area contributed by atoms with E-state index in [2.05, 4.69) is 0 Å². The number of phenolic OH excluding ortho intramolecular Hbond substituents is 1. The zero-order valence-corrected chi connectivity index (χ0v) is 13.8. The molecule has 0 aliphatic carbocycles. The highest BCUT2D eigenvalue weighted by Crippen LogP contribution is 2.34. The topological polar surface area (TPSA) is 83.5 Å². The number of alkyl halides is 3. The number of carbonyl (C=O) groups excluding carboxylic acids is 1. The number of hydrogen-bond donors (Lipinski definition) is 2. The maximum atomic E-state index is 13.2. The van der Waals surface area contributed by atoms with Gasteiger partial charge in [-0.25, -0.2) is 17.2 Å². The smallest absolute Gasteiger partial charge is 0.501 e. The highest BCUT2D eigenvalue weighted by Gasteiger charge is 2.47. The number of anilines is 1. The van der Waals surface area contributed by atoms with Crippen LogP contribution in [0.4, 0.5) is 27.6 Å². The Morgan fingerprint density at radius 1 is 1.12 bits per heavy atom. The Kier molecular flexibility index (Phi) is 5.15. The standard InChI is InChI=1S/C14H7ClF5NO4S/c15-9-5-7(26(24,25)14(18,19)20)1-2-11(9)21-13(23)8-3-6(16)4-10(17)12(8)22/h1-5,22H,(H,21,23). The average Bonchev–Trinajstić information content (AvgIpc) is 2.51. The minimum absolute atomic E-state index is 0.329. The molecule has 0 unspecified atom stereocenters. The number of sulfone groups is 1. The molecular formula is C14H7ClF5NO4S. The second kappa shape index (κ2) is 6.72. The Balaban J connectivity index is 2.37. The van der Waals surface area contributed by atoms with Gasteiger partial charge in [-0.1, -0.05) is 11.6 Å². The van der Waals surface area contributed by atoms with E-state index in [1.54, 1.807) is 0 Å². The Hall–Kier alpha value is -2.40. The normalized spacial score (nSPS) is 12.1. The molecule has 0 bridgehead atoms. The molecule has 140 valence electrons. The lowest BCUT2D eigenvalue weighted by atomic mass is 10.1. The summed E-state index contributed by atoms with van der Waals surface area (Å²) in [5, 5.41) is 10.9. The van der Waals surface area contributed by atoms with Gasteiger partial charge in [-0.05, 0) is 24.3 Å². The largest absolute Gasteiger partial charge is 0.504 e. The molecule has 0 aliphatic rings. The lowest BCUT2D eigenvalue weighted by Gasteiger charge is -2.12. The van der Waals surface area contributed by atoms with Crippen LogP contribution in [-0.4, -0.2) is 24.9 Å². The second-order valence-corrected chi connectivity index (χ2v) is 7.18. The highest BCUT2D eigenvalue weighted by atomic mass is 35.5. The molecule has 2 rings (SSSR count). The molecule has 0 radical (unpaired) electrons. The molecule has 0 atom stereocenters. The number of hydrogen-bond acceptors (Lipinski definition) is 4. The Morgan fingerprint density at radius 2 is 1.73 bits per heavy atom. The Labute approximate surface area is 147 Å². The van der Waals surface area contributed by atoms with Crippen molar-refractivity contribution in [3.05, 3.63) is 52.6 Å². The number of benzene rings is 2. The van der Waals surface area contributed by atoms with E-state index in [0.717, 1.165) is 6.07 Å². The molecule has 1 amide bonds. The molecule has 5 nitrogen and oxygen atoms in total. The van der Waals surface area contributed by atoms with Crippen molar-refractivity contribution in [3.63, 3.8) is 0 Å². The van der Waals surface area contributed by atoms with Crippen molar-refractivity contribution in [1.82, 2.24) is 0 Å². The van der Waals surface area contributed by atoms with E-state index >= 15 is 0 Å². The van der Waals surface area contributed by atoms with E-state index < -0.39 is 54.1 Å². The van der Waals surface area contributed by atoms with Gasteiger partial charge in [0.05, 0.1) is 21.2 Å². The molecule has 0 heterocycles. The summed E-state index contributed by atoms with van der Waals surface area (Å²) < 4.78 is 86.5. The van der Waals surface area contributed by atoms with Crippen molar-refractivity contribution in [2.24, 2.45) is 0 Å². The number of carbonyl (C=O) groups is 1. The fourth-order valence-corrected chi connectivity index (χ4v) is 2.91. The van der Waals surface area contributed by atoms with E-state index in [1.807, 2.05) is 5.32 Å². The number of amides is 1. The van der Waals surface area contributed by atoms with Gasteiger partial charge >= 0.3 is 5.51 Å². The molecule has 2 N–H and O–H groups in total. The van der Waals surface area contributed by atoms with Crippen molar-refractivity contribution in [1.29, 1.82) is 0 Å². The van der Waals surface area contributed by atoms with Gasteiger partial charge in [0.2, 0.25) is 0 Å². The predicted molar refractivity (Wildman–Crippen MR) is 80.7 cm³/mol. The molecule has 0 saturated carbocycles. The number of nitrogens with one attached hydrogen (secondary N) is 1. The average molecular weight is 416 g/mol. The van der Waals surface area contributed by atoms with E-state index in [4.69, 9.17) is 11.6 Å². The van der Waals surface area contributed by atoms with E-state index in [9.17, 15) is 40.3 Å². The third-order valence-electron chi connectivity index (χ3n) is 3.08. The Morgan fingerprint density at radius 3 is 2.27 bits per heavy atom. The van der Waals surface area contributed by atoms with E-state index in [0.29, 0.717) is 24.3 Å². The van der Waals surface area contributed by atoms with Crippen molar-refractivity contribution >= 4 is 33.0 Å². The number of halogens is 6. The molecule has 2 aromatic rings. The Bertz CT molecular complexity index is 992. The van der Waals surface area contributed by atoms with Gasteiger partial charge in [0.1, 0.15) is 5.82 Å². The van der Waals surface area contributed by atoms with Gasteiger partial charge in [0, 0.05) is 6.07 Å². The molecule has 0 fully saturated rings. The number of phenols is 1. The molecular weight excluding hydrogens is 409 g/mol. The van der Waals surface area contributed by atoms with Crippen LogP contribution in [0.5, 0.6) is 5.75 Å². The maximum Gasteiger partial charge on any atom is 0.501 e. The van der Waals surface area contributed by atoms with Crippen molar-refractivity contribution in [2.45, 2.75) is 10.4 Å². The first-order valence-corrected chi connectivity index (χ1v) is 8.31. The summed E-state index contributed by atoms with van der Waals surface area (Å²) >= 11 is 5.66. The quantitative estimate of drug-likeness (QED) is 0.745. The van der Waals surface area contributed by atoms with Crippen LogP contribution in [0, 0.1) is 11.6 Å². The van der Waals surface area contributed by atoms with Gasteiger partial charge in [-0.15, -0.1) is 0 Å². The van der Waals surface area contributed by atoms with Gasteiger partial charge < -0.3 is 10.4 Å². The summed E-state index contributed by atoms with van der Waals surface area (Å²) in [6.45, 7) is 0. The van der Waals surface area contributed by atoms with Crippen LogP contribution < -0.4 is 5.32 Å². The van der Waals surface area contributed by atoms with Crippen LogP contribution in [-0.2, 0) is 9.84 Å². The zero-order valence-electron chi connectivity index (χ0n) is 12.2. The summed E-state index contributed by atoms with van der Waals surface area (Å²) in [5.41, 5.74) is -6.70. The van der Waals surface area contributed by atoms with Crippen molar-refractivity contribution in [2.75, 3.05) is 5.32 Å². The number of aromatic hydroxyl groups is 1. The lowest BCUT2D eigenvalue weighted by Crippen LogP contribution is -2.23. The monoisotopic (exact) mass is 415 g/mol. The van der Waals surface area contributed by atoms with Crippen LogP contribution in [0.25, 0.3) is 0 Å². The summed E-state index contributed by atoms with van der Waals surface area (Å²) in [4.78, 5) is 10.8. The molecule has 0 saturated heterocycles. The first-order chi connectivity index (χ1) is 11.8. The second-order valence-electron chi connectivity index (χ2n) is 4.83. The van der Waals surface area contributed by atoms with E-state index in [1.165, 1.54) is 0 Å².